The molecule has 0 saturated carbocycles. The zero-order chi connectivity index (χ0) is 9.47. The molecular formula is C9H13NO2S. The van der Waals surface area contributed by atoms with Gasteiger partial charge in [0.05, 0.1) is 5.71 Å². The van der Waals surface area contributed by atoms with Gasteiger partial charge in [0.25, 0.3) is 0 Å². The summed E-state index contributed by atoms with van der Waals surface area (Å²) in [5.41, 5.74) is 0.962. The number of nitrogens with zero attached hydrogens (tertiary/aromatic N) is 1. The average Bonchev–Trinajstić information content (AvgIpc) is 2.69. The number of oxime groups is 1. The molecule has 1 fully saturated rings. The molecule has 0 amide bonds. The molecule has 2 rings (SSSR count). The molecule has 0 unspecified atom stereocenters. The van der Waals surface area contributed by atoms with Crippen LogP contribution in [0.25, 0.3) is 0 Å². The van der Waals surface area contributed by atoms with E-state index in [0.717, 1.165) is 11.5 Å². The Balaban J connectivity index is 2.28. The molecular weight excluding hydrogens is 186 g/mol. The third-order valence-corrected chi connectivity index (χ3v) is 4.32. The fourth-order valence-corrected chi connectivity index (χ4v) is 3.30. The predicted molar refractivity (Wildman–Crippen MR) is 53.0 cm³/mol. The highest BCUT2D eigenvalue weighted by molar-refractivity contribution is 8.02. The van der Waals surface area contributed by atoms with E-state index in [4.69, 9.17) is 4.84 Å². The molecule has 2 heterocycles. The lowest BCUT2D eigenvalue weighted by Gasteiger charge is -2.19. The monoisotopic (exact) mass is 199 g/mol. The van der Waals surface area contributed by atoms with Gasteiger partial charge in [-0.3, -0.25) is 4.79 Å². The minimum Gasteiger partial charge on any atom is -0.395 e. The van der Waals surface area contributed by atoms with Gasteiger partial charge in [-0.2, -0.15) is 0 Å². The van der Waals surface area contributed by atoms with E-state index in [1.807, 2.05) is 13.8 Å². The van der Waals surface area contributed by atoms with Crippen molar-refractivity contribution in [2.24, 2.45) is 11.1 Å². The molecule has 0 aromatic carbocycles. The summed E-state index contributed by atoms with van der Waals surface area (Å²) in [6.45, 7) is 4.53. The van der Waals surface area contributed by atoms with Gasteiger partial charge in [-0.15, -0.1) is 11.8 Å². The van der Waals surface area contributed by atoms with E-state index in [2.05, 4.69) is 5.16 Å². The van der Waals surface area contributed by atoms with Crippen LogP contribution in [-0.2, 0) is 9.63 Å². The Hall–Kier alpha value is -0.510. The van der Waals surface area contributed by atoms with Gasteiger partial charge < -0.3 is 4.84 Å². The highest BCUT2D eigenvalue weighted by atomic mass is 32.2. The van der Waals surface area contributed by atoms with Gasteiger partial charge in [0.1, 0.15) is 11.4 Å². The maximum atomic E-state index is 11.7. The number of ketones is 1. The SMILES string of the molecule is CCC(=O)[C@]1(C)SC[C@H]2CON=C21. The Labute approximate surface area is 81.9 Å². The minimum atomic E-state index is -0.393. The van der Waals surface area contributed by atoms with Crippen molar-refractivity contribution in [1.82, 2.24) is 0 Å². The summed E-state index contributed by atoms with van der Waals surface area (Å²) in [4.78, 5) is 16.7. The van der Waals surface area contributed by atoms with Crippen LogP contribution in [0.15, 0.2) is 5.16 Å². The second-order valence-corrected chi connectivity index (χ2v) is 5.03. The number of fused-ring (bicyclic) bond motifs is 1. The molecule has 2 aliphatic rings. The fourth-order valence-electron chi connectivity index (χ4n) is 1.86. The zero-order valence-corrected chi connectivity index (χ0v) is 8.69. The molecule has 0 bridgehead atoms. The largest absolute Gasteiger partial charge is 0.395 e. The van der Waals surface area contributed by atoms with Gasteiger partial charge in [0.15, 0.2) is 5.78 Å². The van der Waals surface area contributed by atoms with Gasteiger partial charge in [-0.25, -0.2) is 0 Å². The number of hydrogen-bond donors (Lipinski definition) is 0. The average molecular weight is 199 g/mol. The third kappa shape index (κ3) is 1.19. The summed E-state index contributed by atoms with van der Waals surface area (Å²) in [6.07, 6.45) is 0.579. The molecule has 2 atom stereocenters. The first-order chi connectivity index (χ1) is 6.18. The Morgan fingerprint density at radius 3 is 3.31 bits per heavy atom. The van der Waals surface area contributed by atoms with E-state index in [1.54, 1.807) is 11.8 Å². The molecule has 2 aliphatic heterocycles. The normalized spacial score (nSPS) is 36.8. The molecule has 3 nitrogen and oxygen atoms in total. The van der Waals surface area contributed by atoms with E-state index in [-0.39, 0.29) is 5.78 Å². The molecule has 0 aromatic heterocycles. The van der Waals surface area contributed by atoms with Crippen molar-refractivity contribution in [3.05, 3.63) is 0 Å². The third-order valence-electron chi connectivity index (χ3n) is 2.74. The lowest BCUT2D eigenvalue weighted by Crippen LogP contribution is -2.37. The van der Waals surface area contributed by atoms with Crippen molar-refractivity contribution >= 4 is 23.3 Å². The lowest BCUT2D eigenvalue weighted by atomic mass is 9.91. The Bertz CT molecular complexity index is 277. The lowest BCUT2D eigenvalue weighted by molar-refractivity contribution is -0.119. The van der Waals surface area contributed by atoms with E-state index in [1.165, 1.54) is 0 Å². The van der Waals surface area contributed by atoms with Crippen LogP contribution in [-0.4, -0.2) is 28.6 Å². The van der Waals surface area contributed by atoms with Crippen LogP contribution in [0, 0.1) is 5.92 Å². The molecule has 0 aliphatic carbocycles. The number of hydrogen-bond acceptors (Lipinski definition) is 4. The first kappa shape index (κ1) is 9.06. The highest BCUT2D eigenvalue weighted by Crippen LogP contribution is 2.42. The Morgan fingerprint density at radius 2 is 2.62 bits per heavy atom. The van der Waals surface area contributed by atoms with Crippen molar-refractivity contribution in [2.75, 3.05) is 12.4 Å². The molecule has 1 saturated heterocycles. The summed E-state index contributed by atoms with van der Waals surface area (Å²) >= 11 is 1.71. The summed E-state index contributed by atoms with van der Waals surface area (Å²) in [7, 11) is 0. The first-order valence-electron chi connectivity index (χ1n) is 4.56. The number of carbonyl (C=O) groups is 1. The number of carbonyl (C=O) groups excluding carboxylic acids is 1. The highest BCUT2D eigenvalue weighted by Gasteiger charge is 2.50. The molecule has 0 aromatic rings. The van der Waals surface area contributed by atoms with Gasteiger partial charge in [-0.05, 0) is 6.92 Å². The van der Waals surface area contributed by atoms with Crippen LogP contribution in [0.1, 0.15) is 20.3 Å². The summed E-state index contributed by atoms with van der Waals surface area (Å²) in [5, 5.41) is 3.99. The zero-order valence-electron chi connectivity index (χ0n) is 7.87. The number of rotatable bonds is 2. The van der Waals surface area contributed by atoms with Gasteiger partial charge in [0.2, 0.25) is 0 Å². The van der Waals surface area contributed by atoms with Crippen LogP contribution in [0.3, 0.4) is 0 Å². The van der Waals surface area contributed by atoms with Crippen molar-refractivity contribution < 1.29 is 9.63 Å². The number of Topliss-reactive ketones (excluding diaryl/α,β-unsaturated/α-hetero) is 1. The standard InChI is InChI=1S/C9H13NO2S/c1-3-7(11)9(2)8-6(5-13-9)4-12-10-8/h6H,3-5H2,1-2H3/t6-,9+/m1/s1. The fraction of sp³-hybridized carbons (Fsp3) is 0.778. The van der Waals surface area contributed by atoms with Gasteiger partial charge in [-0.1, -0.05) is 12.1 Å². The molecule has 0 radical (unpaired) electrons. The summed E-state index contributed by atoms with van der Waals surface area (Å²) < 4.78 is -0.393. The van der Waals surface area contributed by atoms with Crippen molar-refractivity contribution in [2.45, 2.75) is 25.0 Å². The van der Waals surface area contributed by atoms with E-state index in [0.29, 0.717) is 18.9 Å². The molecule has 0 spiro atoms. The van der Waals surface area contributed by atoms with E-state index in [9.17, 15) is 4.79 Å². The summed E-state index contributed by atoms with van der Waals surface area (Å²) in [6, 6.07) is 0. The van der Waals surface area contributed by atoms with Crippen molar-refractivity contribution in [1.29, 1.82) is 0 Å². The summed E-state index contributed by atoms with van der Waals surface area (Å²) in [5.74, 6) is 1.62. The van der Waals surface area contributed by atoms with E-state index < -0.39 is 4.75 Å². The van der Waals surface area contributed by atoms with Crippen LogP contribution < -0.4 is 0 Å². The van der Waals surface area contributed by atoms with E-state index >= 15 is 0 Å². The Morgan fingerprint density at radius 1 is 1.85 bits per heavy atom. The molecule has 0 N–H and O–H groups in total. The minimum absolute atomic E-state index is 0.268. The smallest absolute Gasteiger partial charge is 0.154 e. The van der Waals surface area contributed by atoms with Gasteiger partial charge in [0, 0.05) is 18.1 Å². The van der Waals surface area contributed by atoms with Crippen molar-refractivity contribution in [3.63, 3.8) is 0 Å². The number of thioether (sulfide) groups is 1. The maximum Gasteiger partial charge on any atom is 0.154 e. The van der Waals surface area contributed by atoms with Crippen LogP contribution >= 0.6 is 11.8 Å². The first-order valence-corrected chi connectivity index (χ1v) is 5.54. The Kier molecular flexibility index (Phi) is 2.10. The quantitative estimate of drug-likeness (QED) is 0.676. The molecule has 13 heavy (non-hydrogen) atoms. The maximum absolute atomic E-state index is 11.7. The second kappa shape index (κ2) is 3.01. The van der Waals surface area contributed by atoms with Crippen LogP contribution in [0.5, 0.6) is 0 Å². The van der Waals surface area contributed by atoms with Crippen LogP contribution in [0.4, 0.5) is 0 Å². The van der Waals surface area contributed by atoms with Crippen molar-refractivity contribution in [3.8, 4) is 0 Å². The molecule has 72 valence electrons. The predicted octanol–water partition coefficient (Wildman–Crippen LogP) is 1.47. The topological polar surface area (TPSA) is 38.7 Å². The second-order valence-electron chi connectivity index (χ2n) is 3.59. The molecule has 4 heteroatoms. The van der Waals surface area contributed by atoms with Gasteiger partial charge >= 0.3 is 0 Å². The van der Waals surface area contributed by atoms with Crippen LogP contribution in [0.2, 0.25) is 0 Å².